The Kier molecular flexibility index (Phi) is 7.55. The van der Waals surface area contributed by atoms with Crippen molar-refractivity contribution < 1.29 is 14.2 Å². The molecule has 0 saturated carbocycles. The van der Waals surface area contributed by atoms with Gasteiger partial charge in [-0.05, 0) is 76.2 Å². The highest BCUT2D eigenvalue weighted by atomic mass is 16.6. The van der Waals surface area contributed by atoms with Crippen molar-refractivity contribution in [1.82, 2.24) is 4.90 Å². The largest absolute Gasteiger partial charge is 0.378 e. The van der Waals surface area contributed by atoms with Crippen molar-refractivity contribution in [3.05, 3.63) is 0 Å². The van der Waals surface area contributed by atoms with E-state index in [1.807, 2.05) is 0 Å². The van der Waals surface area contributed by atoms with Crippen molar-refractivity contribution in [2.45, 2.75) is 111 Å². The fraction of sp³-hybridized carbons (Fsp3) is 1.00. The number of rotatable bonds is 5. The molecule has 0 aromatic heterocycles. The molecule has 0 bridgehead atoms. The number of hydrogen-bond acceptors (Lipinski definition) is 4. The van der Waals surface area contributed by atoms with Crippen molar-refractivity contribution >= 4 is 0 Å². The Bertz CT molecular complexity index is 401. The van der Waals surface area contributed by atoms with Crippen LogP contribution in [-0.2, 0) is 14.2 Å². The Morgan fingerprint density at radius 2 is 1.36 bits per heavy atom. The second-order valence-electron chi connectivity index (χ2n) is 10.7. The summed E-state index contributed by atoms with van der Waals surface area (Å²) in [6.07, 6.45) is 0.298. The highest BCUT2D eigenvalue weighted by Gasteiger charge is 2.44. The van der Waals surface area contributed by atoms with Gasteiger partial charge in [0.05, 0.1) is 36.1 Å². The van der Waals surface area contributed by atoms with Crippen LogP contribution >= 0.6 is 0 Å². The van der Waals surface area contributed by atoms with E-state index in [0.29, 0.717) is 12.5 Å². The van der Waals surface area contributed by atoms with Gasteiger partial charge in [0.25, 0.3) is 0 Å². The highest BCUT2D eigenvalue weighted by Crippen LogP contribution is 2.32. The number of ether oxygens (including phenoxy) is 3. The van der Waals surface area contributed by atoms with Crippen LogP contribution in [0.15, 0.2) is 0 Å². The quantitative estimate of drug-likeness (QED) is 0.724. The minimum Gasteiger partial charge on any atom is -0.378 e. The van der Waals surface area contributed by atoms with E-state index in [-0.39, 0.29) is 35.1 Å². The van der Waals surface area contributed by atoms with Gasteiger partial charge in [-0.15, -0.1) is 0 Å². The number of piperidine rings is 1. The minimum atomic E-state index is -0.204. The van der Waals surface area contributed by atoms with Gasteiger partial charge in [-0.2, -0.15) is 0 Å². The summed E-state index contributed by atoms with van der Waals surface area (Å²) in [5.41, 5.74) is -0.305. The first kappa shape index (κ1) is 22.9. The first-order chi connectivity index (χ1) is 11.1. The molecular weight excluding hydrogens is 314 g/mol. The second kappa shape index (κ2) is 8.24. The first-order valence-electron chi connectivity index (χ1n) is 9.81. The SMILES string of the molecule is CC(C)OCC1CN(C(C)(C)C)CC(OC(C)(C)C)C1OC(C)(C)C. The lowest BCUT2D eigenvalue weighted by atomic mass is 9.88. The molecule has 1 heterocycles. The van der Waals surface area contributed by atoms with E-state index >= 15 is 0 Å². The molecule has 0 N–H and O–H groups in total. The third-order valence-electron chi connectivity index (χ3n) is 4.27. The van der Waals surface area contributed by atoms with Crippen molar-refractivity contribution in [3.8, 4) is 0 Å². The van der Waals surface area contributed by atoms with Crippen LogP contribution in [0, 0.1) is 5.92 Å². The standard InChI is InChI=1S/C21H43NO3/c1-15(2)23-14-16-12-22(19(3,4)5)13-17(24-20(6,7)8)18(16)25-21(9,10)11/h15-18H,12-14H2,1-11H3. The molecule has 150 valence electrons. The molecular formula is C21H43NO3. The summed E-state index contributed by atoms with van der Waals surface area (Å²) in [6.45, 7) is 26.3. The summed E-state index contributed by atoms with van der Waals surface area (Å²) < 4.78 is 19.0. The smallest absolute Gasteiger partial charge is 0.0974 e. The molecule has 25 heavy (non-hydrogen) atoms. The van der Waals surface area contributed by atoms with Crippen molar-refractivity contribution in [2.24, 2.45) is 5.92 Å². The Hall–Kier alpha value is -0.160. The van der Waals surface area contributed by atoms with Crippen LogP contribution in [0.4, 0.5) is 0 Å². The van der Waals surface area contributed by atoms with Gasteiger partial charge in [0.1, 0.15) is 0 Å². The average Bonchev–Trinajstić information content (AvgIpc) is 2.34. The van der Waals surface area contributed by atoms with Crippen LogP contribution in [0.1, 0.15) is 76.2 Å². The Labute approximate surface area is 156 Å². The molecule has 0 amide bonds. The van der Waals surface area contributed by atoms with E-state index in [2.05, 4.69) is 81.1 Å². The van der Waals surface area contributed by atoms with Crippen molar-refractivity contribution in [3.63, 3.8) is 0 Å². The maximum absolute atomic E-state index is 6.51. The summed E-state index contributed by atoms with van der Waals surface area (Å²) in [7, 11) is 0. The predicted molar refractivity (Wildman–Crippen MR) is 105 cm³/mol. The molecule has 4 heteroatoms. The van der Waals surface area contributed by atoms with E-state index in [0.717, 1.165) is 13.1 Å². The van der Waals surface area contributed by atoms with Gasteiger partial charge in [-0.1, -0.05) is 0 Å². The van der Waals surface area contributed by atoms with E-state index in [4.69, 9.17) is 14.2 Å². The molecule has 1 aliphatic heterocycles. The summed E-state index contributed by atoms with van der Waals surface area (Å²) in [6, 6.07) is 0. The maximum Gasteiger partial charge on any atom is 0.0974 e. The molecule has 0 aromatic carbocycles. The van der Waals surface area contributed by atoms with E-state index in [1.165, 1.54) is 0 Å². The molecule has 1 aliphatic rings. The molecule has 1 saturated heterocycles. The van der Waals surface area contributed by atoms with Crippen LogP contribution in [0.3, 0.4) is 0 Å². The summed E-state index contributed by atoms with van der Waals surface area (Å²) in [4.78, 5) is 2.51. The molecule has 0 aliphatic carbocycles. The zero-order valence-corrected chi connectivity index (χ0v) is 18.6. The van der Waals surface area contributed by atoms with E-state index in [9.17, 15) is 0 Å². The lowest BCUT2D eigenvalue weighted by Crippen LogP contribution is -2.62. The van der Waals surface area contributed by atoms with Gasteiger partial charge in [0.15, 0.2) is 0 Å². The number of likely N-dealkylation sites (tertiary alicyclic amines) is 1. The lowest BCUT2D eigenvalue weighted by Gasteiger charge is -2.50. The average molecular weight is 358 g/mol. The second-order valence-corrected chi connectivity index (χ2v) is 10.7. The summed E-state index contributed by atoms with van der Waals surface area (Å²) in [5.74, 6) is 0.293. The van der Waals surface area contributed by atoms with Crippen LogP contribution in [0.25, 0.3) is 0 Å². The Morgan fingerprint density at radius 3 is 1.76 bits per heavy atom. The van der Waals surface area contributed by atoms with Crippen LogP contribution in [0.5, 0.6) is 0 Å². The molecule has 3 atom stereocenters. The molecule has 1 rings (SSSR count). The normalized spacial score (nSPS) is 27.1. The van der Waals surface area contributed by atoms with Gasteiger partial charge in [-0.25, -0.2) is 0 Å². The molecule has 4 nitrogen and oxygen atoms in total. The summed E-state index contributed by atoms with van der Waals surface area (Å²) in [5, 5.41) is 0. The molecule has 3 unspecified atom stereocenters. The van der Waals surface area contributed by atoms with E-state index < -0.39 is 0 Å². The zero-order chi connectivity index (χ0) is 19.6. The lowest BCUT2D eigenvalue weighted by molar-refractivity contribution is -0.216. The van der Waals surface area contributed by atoms with Gasteiger partial charge < -0.3 is 14.2 Å². The monoisotopic (exact) mass is 357 g/mol. The molecule has 0 radical (unpaired) electrons. The maximum atomic E-state index is 6.51. The highest BCUT2D eigenvalue weighted by molar-refractivity contribution is 4.95. The number of nitrogens with zero attached hydrogens (tertiary/aromatic N) is 1. The molecule has 0 aromatic rings. The third-order valence-corrected chi connectivity index (χ3v) is 4.27. The van der Waals surface area contributed by atoms with Crippen molar-refractivity contribution in [1.29, 1.82) is 0 Å². The van der Waals surface area contributed by atoms with Crippen LogP contribution in [-0.4, -0.2) is 59.6 Å². The van der Waals surface area contributed by atoms with Crippen molar-refractivity contribution in [2.75, 3.05) is 19.7 Å². The van der Waals surface area contributed by atoms with Gasteiger partial charge in [-0.3, -0.25) is 4.90 Å². The van der Waals surface area contributed by atoms with Gasteiger partial charge >= 0.3 is 0 Å². The van der Waals surface area contributed by atoms with Crippen LogP contribution in [0.2, 0.25) is 0 Å². The molecule has 0 spiro atoms. The predicted octanol–water partition coefficient (Wildman–Crippen LogP) is 4.51. The van der Waals surface area contributed by atoms with Gasteiger partial charge in [0.2, 0.25) is 0 Å². The van der Waals surface area contributed by atoms with Crippen LogP contribution < -0.4 is 0 Å². The zero-order valence-electron chi connectivity index (χ0n) is 18.6. The fourth-order valence-electron chi connectivity index (χ4n) is 3.24. The first-order valence-corrected chi connectivity index (χ1v) is 9.81. The fourth-order valence-corrected chi connectivity index (χ4v) is 3.24. The van der Waals surface area contributed by atoms with E-state index in [1.54, 1.807) is 0 Å². The topological polar surface area (TPSA) is 30.9 Å². The Morgan fingerprint density at radius 1 is 0.840 bits per heavy atom. The summed E-state index contributed by atoms with van der Waals surface area (Å²) >= 11 is 0. The Balaban J connectivity index is 3.10. The number of hydrogen-bond donors (Lipinski definition) is 0. The molecule has 1 fully saturated rings. The third kappa shape index (κ3) is 8.38. The van der Waals surface area contributed by atoms with Gasteiger partial charge in [0, 0.05) is 24.5 Å². The minimum absolute atomic E-state index is 0.0352.